The Labute approximate surface area is 174 Å². The van der Waals surface area contributed by atoms with Crippen LogP contribution in [0.1, 0.15) is 0 Å². The minimum absolute atomic E-state index is 1.29. The minimum Gasteiger partial charge on any atom is -0.0616 e. The van der Waals surface area contributed by atoms with Crippen LogP contribution < -0.4 is 0 Å². The van der Waals surface area contributed by atoms with Gasteiger partial charge in [0.1, 0.15) is 0 Å². The molecule has 0 aromatic heterocycles. The summed E-state index contributed by atoms with van der Waals surface area (Å²) in [5, 5.41) is 15.8. The number of rotatable bonds is 0. The van der Waals surface area contributed by atoms with E-state index in [4.69, 9.17) is 0 Å². The fourth-order valence-electron chi connectivity index (χ4n) is 5.15. The standard InChI is InChI=1S/C30H18/c1-2-7-22-18-29-23(17-21(22)6-1)10-9-20-12-14-27-26-13-11-19-5-3-4-8-24(19)25(26)15-16-28(27)30(20)29/h1-18H. The third-order valence-electron chi connectivity index (χ3n) is 6.58. The maximum atomic E-state index is 2.36. The minimum atomic E-state index is 1.29. The van der Waals surface area contributed by atoms with Gasteiger partial charge in [-0.05, 0) is 76.8 Å². The molecule has 7 aromatic rings. The molecule has 0 atom stereocenters. The topological polar surface area (TPSA) is 0 Å². The lowest BCUT2D eigenvalue weighted by molar-refractivity contribution is 1.78. The van der Waals surface area contributed by atoms with Crippen LogP contribution in [-0.2, 0) is 0 Å². The van der Waals surface area contributed by atoms with Gasteiger partial charge in [-0.25, -0.2) is 0 Å². The van der Waals surface area contributed by atoms with Gasteiger partial charge in [0, 0.05) is 0 Å². The van der Waals surface area contributed by atoms with Gasteiger partial charge in [0.25, 0.3) is 0 Å². The molecule has 0 fully saturated rings. The van der Waals surface area contributed by atoms with E-state index >= 15 is 0 Å². The van der Waals surface area contributed by atoms with Gasteiger partial charge < -0.3 is 0 Å². The third kappa shape index (κ3) is 2.11. The molecule has 0 heteroatoms. The van der Waals surface area contributed by atoms with Gasteiger partial charge in [-0.3, -0.25) is 0 Å². The fourth-order valence-corrected chi connectivity index (χ4v) is 5.15. The Morgan fingerprint density at radius 3 is 1.67 bits per heavy atom. The zero-order chi connectivity index (χ0) is 19.7. The fraction of sp³-hybridized carbons (Fsp3) is 0. The third-order valence-corrected chi connectivity index (χ3v) is 6.58. The second-order valence-corrected chi connectivity index (χ2v) is 8.19. The van der Waals surface area contributed by atoms with Crippen LogP contribution in [-0.4, -0.2) is 0 Å². The van der Waals surface area contributed by atoms with Crippen molar-refractivity contribution in [2.45, 2.75) is 0 Å². The lowest BCUT2D eigenvalue weighted by Gasteiger charge is -2.12. The van der Waals surface area contributed by atoms with Crippen molar-refractivity contribution in [1.29, 1.82) is 0 Å². The molecule has 138 valence electrons. The van der Waals surface area contributed by atoms with Crippen LogP contribution in [0.5, 0.6) is 0 Å². The van der Waals surface area contributed by atoms with Crippen LogP contribution in [0.15, 0.2) is 109 Å². The van der Waals surface area contributed by atoms with Crippen molar-refractivity contribution >= 4 is 64.6 Å². The molecule has 30 heavy (non-hydrogen) atoms. The van der Waals surface area contributed by atoms with Gasteiger partial charge in [-0.2, -0.15) is 0 Å². The Bertz CT molecular complexity index is 1790. The summed E-state index contributed by atoms with van der Waals surface area (Å²) >= 11 is 0. The van der Waals surface area contributed by atoms with Crippen molar-refractivity contribution in [3.8, 4) is 0 Å². The second-order valence-electron chi connectivity index (χ2n) is 8.19. The smallest absolute Gasteiger partial charge is 0.00264 e. The van der Waals surface area contributed by atoms with E-state index in [1.807, 2.05) is 0 Å². The highest BCUT2D eigenvalue weighted by molar-refractivity contribution is 6.27. The quantitative estimate of drug-likeness (QED) is 0.183. The van der Waals surface area contributed by atoms with Crippen LogP contribution in [0.4, 0.5) is 0 Å². The predicted molar refractivity (Wildman–Crippen MR) is 131 cm³/mol. The molecule has 0 saturated heterocycles. The Hall–Kier alpha value is -3.90. The first-order valence-electron chi connectivity index (χ1n) is 10.5. The van der Waals surface area contributed by atoms with Crippen LogP contribution in [0.2, 0.25) is 0 Å². The molecule has 0 aliphatic rings. The van der Waals surface area contributed by atoms with Crippen molar-refractivity contribution in [3.05, 3.63) is 109 Å². The largest absolute Gasteiger partial charge is 0.0616 e. The van der Waals surface area contributed by atoms with E-state index in [2.05, 4.69) is 109 Å². The molecule has 0 aliphatic carbocycles. The van der Waals surface area contributed by atoms with E-state index in [0.717, 1.165) is 0 Å². The van der Waals surface area contributed by atoms with E-state index in [9.17, 15) is 0 Å². The Morgan fingerprint density at radius 2 is 0.800 bits per heavy atom. The Morgan fingerprint density at radius 1 is 0.267 bits per heavy atom. The van der Waals surface area contributed by atoms with E-state index in [1.54, 1.807) is 0 Å². The number of hydrogen-bond donors (Lipinski definition) is 0. The lowest BCUT2D eigenvalue weighted by atomic mass is 9.91. The summed E-state index contributed by atoms with van der Waals surface area (Å²) in [6.45, 7) is 0. The van der Waals surface area contributed by atoms with E-state index in [-0.39, 0.29) is 0 Å². The molecule has 0 spiro atoms. The molecule has 0 radical (unpaired) electrons. The molecule has 0 nitrogen and oxygen atoms in total. The van der Waals surface area contributed by atoms with Gasteiger partial charge in [0.05, 0.1) is 0 Å². The maximum Gasteiger partial charge on any atom is -0.00264 e. The van der Waals surface area contributed by atoms with Crippen LogP contribution in [0.3, 0.4) is 0 Å². The molecule has 7 aromatic carbocycles. The first kappa shape index (κ1) is 16.0. The van der Waals surface area contributed by atoms with Gasteiger partial charge in [-0.1, -0.05) is 97.1 Å². The average molecular weight is 378 g/mol. The number of benzene rings is 7. The van der Waals surface area contributed by atoms with Crippen LogP contribution >= 0.6 is 0 Å². The van der Waals surface area contributed by atoms with Crippen molar-refractivity contribution < 1.29 is 0 Å². The van der Waals surface area contributed by atoms with Crippen LogP contribution in [0, 0.1) is 0 Å². The molecule has 0 unspecified atom stereocenters. The Balaban J connectivity index is 1.70. The molecule has 7 rings (SSSR count). The summed E-state index contributed by atoms with van der Waals surface area (Å²) in [5.41, 5.74) is 0. The van der Waals surface area contributed by atoms with Gasteiger partial charge in [0.2, 0.25) is 0 Å². The van der Waals surface area contributed by atoms with E-state index in [1.165, 1.54) is 64.6 Å². The van der Waals surface area contributed by atoms with Gasteiger partial charge in [0.15, 0.2) is 0 Å². The summed E-state index contributed by atoms with van der Waals surface area (Å²) < 4.78 is 0. The van der Waals surface area contributed by atoms with Gasteiger partial charge >= 0.3 is 0 Å². The molecule has 0 amide bonds. The molecule has 0 N–H and O–H groups in total. The molecule has 0 heterocycles. The lowest BCUT2D eigenvalue weighted by Crippen LogP contribution is -1.85. The van der Waals surface area contributed by atoms with Crippen molar-refractivity contribution in [2.75, 3.05) is 0 Å². The van der Waals surface area contributed by atoms with Crippen LogP contribution in [0.25, 0.3) is 64.6 Å². The molecule has 0 bridgehead atoms. The first-order valence-corrected chi connectivity index (χ1v) is 10.5. The maximum absolute atomic E-state index is 2.36. The highest BCUT2D eigenvalue weighted by Crippen LogP contribution is 2.38. The number of hydrogen-bond acceptors (Lipinski definition) is 0. The van der Waals surface area contributed by atoms with Crippen molar-refractivity contribution in [1.82, 2.24) is 0 Å². The molecular weight excluding hydrogens is 360 g/mol. The summed E-state index contributed by atoms with van der Waals surface area (Å²) in [4.78, 5) is 0. The molecular formula is C30H18. The van der Waals surface area contributed by atoms with Gasteiger partial charge in [-0.15, -0.1) is 0 Å². The highest BCUT2D eigenvalue weighted by atomic mass is 14.1. The summed E-state index contributed by atoms with van der Waals surface area (Å²) in [6.07, 6.45) is 0. The normalized spacial score (nSPS) is 12.0. The molecule has 0 saturated carbocycles. The second kappa shape index (κ2) is 5.81. The van der Waals surface area contributed by atoms with E-state index in [0.29, 0.717) is 0 Å². The van der Waals surface area contributed by atoms with Crippen molar-refractivity contribution in [2.24, 2.45) is 0 Å². The van der Waals surface area contributed by atoms with E-state index < -0.39 is 0 Å². The Kier molecular flexibility index (Phi) is 3.09. The summed E-state index contributed by atoms with van der Waals surface area (Å²) in [6, 6.07) is 40.2. The zero-order valence-electron chi connectivity index (χ0n) is 16.4. The average Bonchev–Trinajstić information content (AvgIpc) is 2.81. The predicted octanol–water partition coefficient (Wildman–Crippen LogP) is 8.61. The summed E-state index contributed by atoms with van der Waals surface area (Å²) in [7, 11) is 0. The monoisotopic (exact) mass is 378 g/mol. The molecule has 0 aliphatic heterocycles. The number of fused-ring (bicyclic) bond motifs is 10. The first-order chi connectivity index (χ1) is 14.9. The highest BCUT2D eigenvalue weighted by Gasteiger charge is 2.10. The van der Waals surface area contributed by atoms with Crippen molar-refractivity contribution in [3.63, 3.8) is 0 Å². The summed E-state index contributed by atoms with van der Waals surface area (Å²) in [5.74, 6) is 0. The zero-order valence-corrected chi connectivity index (χ0v) is 16.4. The SMILES string of the molecule is c1ccc2cc3c(ccc4ccc5c6ccc7ccccc7c6ccc5c43)cc2c1.